The highest BCUT2D eigenvalue weighted by Crippen LogP contribution is 2.52. The molecule has 1 aliphatic rings. The number of thiophene rings is 1. The van der Waals surface area contributed by atoms with Gasteiger partial charge in [-0.2, -0.15) is 0 Å². The van der Waals surface area contributed by atoms with E-state index in [4.69, 9.17) is 9.97 Å². The summed E-state index contributed by atoms with van der Waals surface area (Å²) in [6.07, 6.45) is 0. The van der Waals surface area contributed by atoms with E-state index in [9.17, 15) is 0 Å². The first-order chi connectivity index (χ1) is 28.5. The van der Waals surface area contributed by atoms with Gasteiger partial charge in [0.25, 0.3) is 0 Å². The van der Waals surface area contributed by atoms with Crippen LogP contribution in [0.1, 0.15) is 25.0 Å². The molecule has 4 aromatic heterocycles. The summed E-state index contributed by atoms with van der Waals surface area (Å²) in [5, 5.41) is 8.45. The molecule has 0 spiro atoms. The standard InChI is InChI=1S/C53H34N4S/c1-53(2)40-24-12-8-18-32(40)38-28-39-44(29-41(38)53)57(52-54-49(31-16-4-3-5-17-31)51-50(55-52)37-23-11-15-27-47(37)58-51)46-30-45(35-21-6-7-22-36(35)48(39)46)56-42-25-13-9-19-33(42)34-20-10-14-26-43(34)56/h3-30H,1-2H3. The maximum absolute atomic E-state index is 5.61. The Hall–Kier alpha value is -7.08. The van der Waals surface area contributed by atoms with Crippen molar-refractivity contribution in [1.29, 1.82) is 0 Å². The van der Waals surface area contributed by atoms with E-state index >= 15 is 0 Å². The molecule has 5 heteroatoms. The number of fused-ring (bicyclic) bond motifs is 14. The summed E-state index contributed by atoms with van der Waals surface area (Å²) in [6.45, 7) is 4.72. The minimum atomic E-state index is -0.179. The average Bonchev–Trinajstić information content (AvgIpc) is 3.98. The van der Waals surface area contributed by atoms with Gasteiger partial charge in [0.15, 0.2) is 0 Å². The Balaban J connectivity index is 1.24. The third kappa shape index (κ3) is 4.18. The zero-order chi connectivity index (χ0) is 38.3. The second-order valence-corrected chi connectivity index (χ2v) is 17.2. The van der Waals surface area contributed by atoms with Gasteiger partial charge in [0, 0.05) is 48.0 Å². The van der Waals surface area contributed by atoms with Crippen LogP contribution < -0.4 is 0 Å². The van der Waals surface area contributed by atoms with Crippen molar-refractivity contribution in [3.8, 4) is 34.0 Å². The molecular formula is C53H34N4S. The maximum Gasteiger partial charge on any atom is 0.235 e. The predicted octanol–water partition coefficient (Wildman–Crippen LogP) is 14.2. The first kappa shape index (κ1) is 32.1. The van der Waals surface area contributed by atoms with Gasteiger partial charge in [0.2, 0.25) is 5.95 Å². The summed E-state index contributed by atoms with van der Waals surface area (Å²) < 4.78 is 7.14. The van der Waals surface area contributed by atoms with Gasteiger partial charge in [-0.3, -0.25) is 4.57 Å². The van der Waals surface area contributed by atoms with Crippen LogP contribution in [0, 0.1) is 0 Å². The molecule has 4 nitrogen and oxygen atoms in total. The van der Waals surface area contributed by atoms with Crippen molar-refractivity contribution >= 4 is 86.0 Å². The Bertz CT molecular complexity index is 3660. The van der Waals surface area contributed by atoms with Crippen molar-refractivity contribution < 1.29 is 0 Å². The molecule has 0 fully saturated rings. The van der Waals surface area contributed by atoms with E-state index in [1.807, 2.05) is 0 Å². The van der Waals surface area contributed by atoms with E-state index in [1.54, 1.807) is 11.3 Å². The first-order valence-electron chi connectivity index (χ1n) is 19.9. The second kappa shape index (κ2) is 11.5. The van der Waals surface area contributed by atoms with Crippen LogP contribution in [0.25, 0.3) is 109 Å². The summed E-state index contributed by atoms with van der Waals surface area (Å²) in [6, 6.07) is 62.0. The van der Waals surface area contributed by atoms with Crippen molar-refractivity contribution in [1.82, 2.24) is 19.1 Å². The Kier molecular flexibility index (Phi) is 6.36. The number of para-hydroxylation sites is 2. The van der Waals surface area contributed by atoms with Gasteiger partial charge in [-0.15, -0.1) is 11.3 Å². The fourth-order valence-corrected chi connectivity index (χ4v) is 11.3. The minimum absolute atomic E-state index is 0.179. The van der Waals surface area contributed by atoms with Crippen LogP contribution in [0.3, 0.4) is 0 Å². The Morgan fingerprint density at radius 1 is 0.466 bits per heavy atom. The number of hydrogen-bond acceptors (Lipinski definition) is 3. The van der Waals surface area contributed by atoms with Gasteiger partial charge in [-0.25, -0.2) is 9.97 Å². The fraction of sp³-hybridized carbons (Fsp3) is 0.0566. The lowest BCUT2D eigenvalue weighted by Gasteiger charge is -2.21. The van der Waals surface area contributed by atoms with Gasteiger partial charge in [0.05, 0.1) is 43.7 Å². The fourth-order valence-electron chi connectivity index (χ4n) is 10.1. The molecule has 0 bridgehead atoms. The van der Waals surface area contributed by atoms with Crippen molar-refractivity contribution in [2.45, 2.75) is 19.3 Å². The van der Waals surface area contributed by atoms with Crippen LogP contribution in [-0.2, 0) is 5.41 Å². The number of benzene rings is 8. The molecule has 0 N–H and O–H groups in total. The molecule has 0 atom stereocenters. The van der Waals surface area contributed by atoms with Crippen molar-refractivity contribution in [2.24, 2.45) is 0 Å². The topological polar surface area (TPSA) is 35.6 Å². The minimum Gasteiger partial charge on any atom is -0.309 e. The quantitative estimate of drug-likeness (QED) is 0.180. The molecule has 0 saturated heterocycles. The van der Waals surface area contributed by atoms with E-state index in [2.05, 4.69) is 193 Å². The molecule has 272 valence electrons. The summed E-state index contributed by atoms with van der Waals surface area (Å²) >= 11 is 1.77. The van der Waals surface area contributed by atoms with Gasteiger partial charge in [0.1, 0.15) is 0 Å². The van der Waals surface area contributed by atoms with E-state index in [0.717, 1.165) is 43.6 Å². The highest BCUT2D eigenvalue weighted by atomic mass is 32.1. The molecule has 0 radical (unpaired) electrons. The van der Waals surface area contributed by atoms with E-state index in [-0.39, 0.29) is 5.41 Å². The number of nitrogens with zero attached hydrogens (tertiary/aromatic N) is 4. The van der Waals surface area contributed by atoms with Crippen LogP contribution in [0.2, 0.25) is 0 Å². The molecule has 1 aliphatic carbocycles. The van der Waals surface area contributed by atoms with Crippen LogP contribution in [0.5, 0.6) is 0 Å². The SMILES string of the molecule is CC1(C)c2ccccc2-c2cc3c4c5ccccc5c(-n5c6ccccc6c6ccccc65)cc4n(-c4nc(-c5ccccc5)c5sc6ccccc6c5n4)c3cc21. The second-order valence-electron chi connectivity index (χ2n) is 16.1. The summed E-state index contributed by atoms with van der Waals surface area (Å²) in [7, 11) is 0. The molecule has 12 aromatic rings. The summed E-state index contributed by atoms with van der Waals surface area (Å²) in [5.41, 5.74) is 13.8. The Morgan fingerprint density at radius 2 is 1.10 bits per heavy atom. The van der Waals surface area contributed by atoms with Gasteiger partial charge in [-0.1, -0.05) is 147 Å². The van der Waals surface area contributed by atoms with Gasteiger partial charge in [-0.05, 0) is 64.0 Å². The van der Waals surface area contributed by atoms with Crippen molar-refractivity contribution in [3.05, 3.63) is 181 Å². The summed E-state index contributed by atoms with van der Waals surface area (Å²) in [4.78, 5) is 11.2. The normalized spacial score (nSPS) is 13.5. The highest BCUT2D eigenvalue weighted by molar-refractivity contribution is 7.26. The van der Waals surface area contributed by atoms with E-state index in [0.29, 0.717) is 5.95 Å². The number of hydrogen-bond donors (Lipinski definition) is 0. The maximum atomic E-state index is 5.61. The number of rotatable bonds is 3. The third-order valence-corrected chi connectivity index (χ3v) is 13.9. The molecule has 4 heterocycles. The monoisotopic (exact) mass is 758 g/mol. The van der Waals surface area contributed by atoms with Crippen LogP contribution in [0.15, 0.2) is 170 Å². The smallest absolute Gasteiger partial charge is 0.235 e. The number of aromatic nitrogens is 4. The molecule has 0 saturated carbocycles. The zero-order valence-electron chi connectivity index (χ0n) is 31.9. The van der Waals surface area contributed by atoms with Crippen LogP contribution >= 0.6 is 11.3 Å². The summed E-state index contributed by atoms with van der Waals surface area (Å²) in [5.74, 6) is 0.673. The van der Waals surface area contributed by atoms with Gasteiger partial charge < -0.3 is 4.57 Å². The lowest BCUT2D eigenvalue weighted by Crippen LogP contribution is -2.15. The molecule has 0 unspecified atom stereocenters. The molecule has 13 rings (SSSR count). The third-order valence-electron chi connectivity index (χ3n) is 12.7. The Morgan fingerprint density at radius 3 is 1.88 bits per heavy atom. The van der Waals surface area contributed by atoms with E-state index < -0.39 is 0 Å². The average molecular weight is 759 g/mol. The lowest BCUT2D eigenvalue weighted by molar-refractivity contribution is 0.661. The van der Waals surface area contributed by atoms with Gasteiger partial charge >= 0.3 is 0 Å². The van der Waals surface area contributed by atoms with E-state index in [1.165, 1.54) is 70.3 Å². The molecule has 58 heavy (non-hydrogen) atoms. The largest absolute Gasteiger partial charge is 0.309 e. The van der Waals surface area contributed by atoms with Crippen molar-refractivity contribution in [3.63, 3.8) is 0 Å². The highest BCUT2D eigenvalue weighted by Gasteiger charge is 2.36. The van der Waals surface area contributed by atoms with Crippen LogP contribution in [0.4, 0.5) is 0 Å². The first-order valence-corrected chi connectivity index (χ1v) is 20.7. The lowest BCUT2D eigenvalue weighted by atomic mass is 9.82. The van der Waals surface area contributed by atoms with Crippen LogP contribution in [-0.4, -0.2) is 19.1 Å². The van der Waals surface area contributed by atoms with Crippen molar-refractivity contribution in [2.75, 3.05) is 0 Å². The molecular weight excluding hydrogens is 725 g/mol. The zero-order valence-corrected chi connectivity index (χ0v) is 32.7. The molecule has 0 aliphatic heterocycles. The Labute approximate surface area is 337 Å². The predicted molar refractivity (Wildman–Crippen MR) is 244 cm³/mol. The molecule has 8 aromatic carbocycles. The molecule has 0 amide bonds.